The standard InChI is InChI=1S/C13H23N5/c1-2-4-11-16-12(9-13(17-11)18-14)15-8-3-5-10-6-7-10/h9-10H,2-8,14H2,1H3,(H2,15,16,17,18). The number of anilines is 2. The molecule has 0 amide bonds. The third-order valence-corrected chi connectivity index (χ3v) is 3.19. The van der Waals surface area contributed by atoms with Gasteiger partial charge in [-0.2, -0.15) is 0 Å². The summed E-state index contributed by atoms with van der Waals surface area (Å²) in [6.45, 7) is 3.09. The molecule has 0 saturated heterocycles. The molecule has 0 spiro atoms. The van der Waals surface area contributed by atoms with Gasteiger partial charge in [0.15, 0.2) is 0 Å². The van der Waals surface area contributed by atoms with Gasteiger partial charge in [0, 0.05) is 19.0 Å². The second-order valence-corrected chi connectivity index (χ2v) is 4.96. The molecule has 1 fully saturated rings. The predicted octanol–water partition coefficient (Wildman–Crippen LogP) is 2.32. The molecule has 18 heavy (non-hydrogen) atoms. The van der Waals surface area contributed by atoms with E-state index in [0.717, 1.165) is 36.9 Å². The molecule has 1 aliphatic carbocycles. The van der Waals surface area contributed by atoms with Gasteiger partial charge in [-0.25, -0.2) is 15.8 Å². The van der Waals surface area contributed by atoms with Crippen LogP contribution in [0.2, 0.25) is 0 Å². The smallest absolute Gasteiger partial charge is 0.145 e. The van der Waals surface area contributed by atoms with E-state index in [1.807, 2.05) is 6.07 Å². The molecule has 5 heteroatoms. The number of nitrogens with two attached hydrogens (primary N) is 1. The van der Waals surface area contributed by atoms with Crippen LogP contribution in [0.5, 0.6) is 0 Å². The first-order chi connectivity index (χ1) is 8.81. The highest BCUT2D eigenvalue weighted by atomic mass is 15.3. The number of hydrogen-bond acceptors (Lipinski definition) is 5. The molecule has 100 valence electrons. The summed E-state index contributed by atoms with van der Waals surface area (Å²) < 4.78 is 0. The fourth-order valence-corrected chi connectivity index (χ4v) is 2.01. The highest BCUT2D eigenvalue weighted by Gasteiger charge is 2.19. The molecule has 0 unspecified atom stereocenters. The fourth-order valence-electron chi connectivity index (χ4n) is 2.01. The Labute approximate surface area is 109 Å². The molecule has 1 aliphatic rings. The normalized spacial score (nSPS) is 14.6. The Morgan fingerprint density at radius 3 is 2.78 bits per heavy atom. The third-order valence-electron chi connectivity index (χ3n) is 3.19. The Kier molecular flexibility index (Phi) is 4.75. The molecule has 0 atom stereocenters. The van der Waals surface area contributed by atoms with Gasteiger partial charge in [-0.05, 0) is 25.2 Å². The minimum Gasteiger partial charge on any atom is -0.370 e. The first kappa shape index (κ1) is 13.1. The van der Waals surface area contributed by atoms with Gasteiger partial charge in [-0.15, -0.1) is 0 Å². The lowest BCUT2D eigenvalue weighted by Gasteiger charge is -2.09. The summed E-state index contributed by atoms with van der Waals surface area (Å²) in [4.78, 5) is 8.81. The number of nitrogen functional groups attached to an aromatic ring is 1. The van der Waals surface area contributed by atoms with Crippen LogP contribution in [0, 0.1) is 5.92 Å². The van der Waals surface area contributed by atoms with E-state index < -0.39 is 0 Å². The van der Waals surface area contributed by atoms with Crippen molar-refractivity contribution < 1.29 is 0 Å². The Morgan fingerprint density at radius 2 is 2.11 bits per heavy atom. The van der Waals surface area contributed by atoms with Gasteiger partial charge in [-0.1, -0.05) is 19.8 Å². The molecular formula is C13H23N5. The van der Waals surface area contributed by atoms with Crippen molar-refractivity contribution in [3.8, 4) is 0 Å². The zero-order valence-corrected chi connectivity index (χ0v) is 11.1. The van der Waals surface area contributed by atoms with Crippen LogP contribution in [0.15, 0.2) is 6.07 Å². The van der Waals surface area contributed by atoms with Crippen molar-refractivity contribution in [2.75, 3.05) is 17.3 Å². The molecule has 1 saturated carbocycles. The van der Waals surface area contributed by atoms with Crippen LogP contribution >= 0.6 is 0 Å². The quantitative estimate of drug-likeness (QED) is 0.374. The monoisotopic (exact) mass is 249 g/mol. The molecular weight excluding hydrogens is 226 g/mol. The van der Waals surface area contributed by atoms with Crippen LogP contribution < -0.4 is 16.6 Å². The molecule has 0 aromatic carbocycles. The van der Waals surface area contributed by atoms with Crippen LogP contribution in [-0.4, -0.2) is 16.5 Å². The fraction of sp³-hybridized carbons (Fsp3) is 0.692. The van der Waals surface area contributed by atoms with Crippen molar-refractivity contribution in [2.45, 2.75) is 45.4 Å². The summed E-state index contributed by atoms with van der Waals surface area (Å²) >= 11 is 0. The van der Waals surface area contributed by atoms with Gasteiger partial charge in [0.25, 0.3) is 0 Å². The third kappa shape index (κ3) is 4.14. The number of nitrogens with one attached hydrogen (secondary N) is 2. The van der Waals surface area contributed by atoms with Gasteiger partial charge >= 0.3 is 0 Å². The van der Waals surface area contributed by atoms with Crippen molar-refractivity contribution in [3.05, 3.63) is 11.9 Å². The number of hydrazine groups is 1. The summed E-state index contributed by atoms with van der Waals surface area (Å²) in [6, 6.07) is 1.86. The average Bonchev–Trinajstić information content (AvgIpc) is 3.19. The molecule has 1 aromatic heterocycles. The Bertz CT molecular complexity index is 376. The molecule has 0 bridgehead atoms. The zero-order valence-electron chi connectivity index (χ0n) is 11.1. The lowest BCUT2D eigenvalue weighted by Crippen LogP contribution is -2.12. The van der Waals surface area contributed by atoms with Crippen molar-refractivity contribution in [1.82, 2.24) is 9.97 Å². The summed E-state index contributed by atoms with van der Waals surface area (Å²) in [6.07, 6.45) is 7.32. The van der Waals surface area contributed by atoms with Gasteiger partial charge in [-0.3, -0.25) is 0 Å². The maximum absolute atomic E-state index is 5.42. The second kappa shape index (κ2) is 6.54. The van der Waals surface area contributed by atoms with Crippen molar-refractivity contribution in [1.29, 1.82) is 0 Å². The van der Waals surface area contributed by atoms with Gasteiger partial charge in [0.1, 0.15) is 17.5 Å². The van der Waals surface area contributed by atoms with E-state index in [1.165, 1.54) is 25.7 Å². The highest BCUT2D eigenvalue weighted by Crippen LogP contribution is 2.33. The zero-order chi connectivity index (χ0) is 12.8. The molecule has 1 aromatic rings. The van der Waals surface area contributed by atoms with E-state index >= 15 is 0 Å². The van der Waals surface area contributed by atoms with E-state index in [1.54, 1.807) is 0 Å². The summed E-state index contributed by atoms with van der Waals surface area (Å²) in [7, 11) is 0. The molecule has 5 nitrogen and oxygen atoms in total. The minimum atomic E-state index is 0.679. The Morgan fingerprint density at radius 1 is 1.33 bits per heavy atom. The lowest BCUT2D eigenvalue weighted by atomic mass is 10.2. The average molecular weight is 249 g/mol. The van der Waals surface area contributed by atoms with Gasteiger partial charge in [0.2, 0.25) is 0 Å². The van der Waals surface area contributed by atoms with Crippen LogP contribution in [0.4, 0.5) is 11.6 Å². The maximum Gasteiger partial charge on any atom is 0.145 e. The SMILES string of the molecule is CCCc1nc(NN)cc(NCCCC2CC2)n1. The van der Waals surface area contributed by atoms with Crippen LogP contribution in [0.1, 0.15) is 44.9 Å². The van der Waals surface area contributed by atoms with Crippen LogP contribution in [0.3, 0.4) is 0 Å². The Balaban J connectivity index is 1.85. The minimum absolute atomic E-state index is 0.679. The largest absolute Gasteiger partial charge is 0.370 e. The Hall–Kier alpha value is -1.36. The molecule has 4 N–H and O–H groups in total. The summed E-state index contributed by atoms with van der Waals surface area (Å²) in [5.74, 6) is 8.81. The highest BCUT2D eigenvalue weighted by molar-refractivity contribution is 5.46. The van der Waals surface area contributed by atoms with Crippen molar-refractivity contribution in [3.63, 3.8) is 0 Å². The van der Waals surface area contributed by atoms with Gasteiger partial charge < -0.3 is 10.7 Å². The molecule has 0 aliphatic heterocycles. The first-order valence-corrected chi connectivity index (χ1v) is 6.90. The first-order valence-electron chi connectivity index (χ1n) is 6.90. The van der Waals surface area contributed by atoms with E-state index in [2.05, 4.69) is 27.6 Å². The van der Waals surface area contributed by atoms with Crippen LogP contribution in [0.25, 0.3) is 0 Å². The van der Waals surface area contributed by atoms with E-state index in [9.17, 15) is 0 Å². The lowest BCUT2D eigenvalue weighted by molar-refractivity contribution is 0.686. The number of hydrogen-bond donors (Lipinski definition) is 3. The van der Waals surface area contributed by atoms with Gasteiger partial charge in [0.05, 0.1) is 0 Å². The summed E-state index contributed by atoms with van der Waals surface area (Å²) in [5, 5.41) is 3.35. The second-order valence-electron chi connectivity index (χ2n) is 4.96. The van der Waals surface area contributed by atoms with E-state index in [-0.39, 0.29) is 0 Å². The van der Waals surface area contributed by atoms with Crippen molar-refractivity contribution in [2.24, 2.45) is 11.8 Å². The van der Waals surface area contributed by atoms with E-state index in [0.29, 0.717) is 5.82 Å². The summed E-state index contributed by atoms with van der Waals surface area (Å²) in [5.41, 5.74) is 2.59. The number of nitrogens with zero attached hydrogens (tertiary/aromatic N) is 2. The van der Waals surface area contributed by atoms with E-state index in [4.69, 9.17) is 5.84 Å². The maximum atomic E-state index is 5.42. The molecule has 2 rings (SSSR count). The number of rotatable bonds is 8. The predicted molar refractivity (Wildman–Crippen MR) is 74.3 cm³/mol. The molecule has 1 heterocycles. The number of aryl methyl sites for hydroxylation is 1. The van der Waals surface area contributed by atoms with Crippen LogP contribution in [-0.2, 0) is 6.42 Å². The van der Waals surface area contributed by atoms with Crippen molar-refractivity contribution >= 4 is 11.6 Å². The molecule has 0 radical (unpaired) electrons. The number of aromatic nitrogens is 2. The topological polar surface area (TPSA) is 75.9 Å².